The van der Waals surface area contributed by atoms with Gasteiger partial charge in [-0.25, -0.2) is 0 Å². The van der Waals surface area contributed by atoms with Crippen LogP contribution < -0.4 is 0 Å². The van der Waals surface area contributed by atoms with E-state index in [9.17, 15) is 8.42 Å². The van der Waals surface area contributed by atoms with Gasteiger partial charge >= 0.3 is 0 Å². The van der Waals surface area contributed by atoms with E-state index >= 15 is 0 Å². The van der Waals surface area contributed by atoms with Gasteiger partial charge < -0.3 is 0 Å². The normalized spacial score (nSPS) is 13.0. The van der Waals surface area contributed by atoms with E-state index < -0.39 is 10.1 Å². The fourth-order valence-corrected chi connectivity index (χ4v) is 3.90. The lowest BCUT2D eigenvalue weighted by atomic mass is 9.93. The first-order valence-corrected chi connectivity index (χ1v) is 10.7. The first kappa shape index (κ1) is 20.8. The Hall–Kier alpha value is -0.490. The second-order valence-corrected chi connectivity index (χ2v) is 8.96. The molecule has 0 amide bonds. The van der Waals surface area contributed by atoms with Crippen molar-refractivity contribution in [1.82, 2.24) is 0 Å². The third-order valence-electron chi connectivity index (χ3n) is 3.66. The van der Waals surface area contributed by atoms with Gasteiger partial charge in [-0.3, -0.25) is 4.18 Å². The first-order valence-electron chi connectivity index (χ1n) is 7.39. The molecular formula is C17H16Cl4O3S. The summed E-state index contributed by atoms with van der Waals surface area (Å²) in [6, 6.07) is 10.4. The van der Waals surface area contributed by atoms with Crippen LogP contribution in [0.2, 0.25) is 20.1 Å². The smallest absolute Gasteiger partial charge is 0.264 e. The van der Waals surface area contributed by atoms with Crippen LogP contribution in [0.1, 0.15) is 23.5 Å². The second-order valence-electron chi connectivity index (χ2n) is 5.63. The Morgan fingerprint density at radius 3 is 2.12 bits per heavy atom. The molecular weight excluding hydrogens is 426 g/mol. The SMILES string of the molecule is CS(=O)(=O)OC[C@H](CCc1ccc(Cl)cc1Cl)c1ccc(Cl)cc1Cl. The molecule has 3 nitrogen and oxygen atoms in total. The predicted molar refractivity (Wildman–Crippen MR) is 105 cm³/mol. The van der Waals surface area contributed by atoms with Crippen molar-refractivity contribution in [2.45, 2.75) is 18.8 Å². The summed E-state index contributed by atoms with van der Waals surface area (Å²) in [5.74, 6) is -0.230. The summed E-state index contributed by atoms with van der Waals surface area (Å²) in [4.78, 5) is 0. The van der Waals surface area contributed by atoms with E-state index in [2.05, 4.69) is 0 Å². The third-order valence-corrected chi connectivity index (χ3v) is 5.38. The molecule has 0 fully saturated rings. The molecule has 0 radical (unpaired) electrons. The molecule has 1 atom stereocenters. The van der Waals surface area contributed by atoms with E-state index in [1.54, 1.807) is 30.3 Å². The molecule has 2 aromatic rings. The van der Waals surface area contributed by atoms with Gasteiger partial charge in [0.2, 0.25) is 0 Å². The lowest BCUT2D eigenvalue weighted by Gasteiger charge is -2.19. The van der Waals surface area contributed by atoms with Crippen molar-refractivity contribution < 1.29 is 12.6 Å². The average molecular weight is 442 g/mol. The van der Waals surface area contributed by atoms with Crippen LogP contribution in [0.3, 0.4) is 0 Å². The van der Waals surface area contributed by atoms with Crippen molar-refractivity contribution in [2.24, 2.45) is 0 Å². The lowest BCUT2D eigenvalue weighted by molar-refractivity contribution is 0.288. The van der Waals surface area contributed by atoms with Crippen LogP contribution in [0.4, 0.5) is 0 Å². The number of hydrogen-bond acceptors (Lipinski definition) is 3. The minimum atomic E-state index is -3.56. The molecule has 2 aromatic carbocycles. The highest BCUT2D eigenvalue weighted by molar-refractivity contribution is 7.85. The Labute approximate surface area is 167 Å². The van der Waals surface area contributed by atoms with E-state index in [0.29, 0.717) is 32.9 Å². The number of hydrogen-bond donors (Lipinski definition) is 0. The lowest BCUT2D eigenvalue weighted by Crippen LogP contribution is -2.13. The van der Waals surface area contributed by atoms with Gasteiger partial charge in [-0.1, -0.05) is 58.5 Å². The summed E-state index contributed by atoms with van der Waals surface area (Å²) in [5.41, 5.74) is 1.69. The van der Waals surface area contributed by atoms with Gasteiger partial charge in [0.1, 0.15) is 0 Å². The Morgan fingerprint density at radius 1 is 0.960 bits per heavy atom. The van der Waals surface area contributed by atoms with Gasteiger partial charge in [0.05, 0.1) is 12.9 Å². The topological polar surface area (TPSA) is 43.4 Å². The highest BCUT2D eigenvalue weighted by Gasteiger charge is 2.19. The standard InChI is InChI=1S/C17H16Cl4O3S/c1-25(22,23)24-10-12(15-7-6-14(19)9-17(15)21)3-2-11-4-5-13(18)8-16(11)20/h4-9,12H,2-3,10H2,1H3/t12-/m0/s1. The summed E-state index contributed by atoms with van der Waals surface area (Å²) in [7, 11) is -3.56. The number of benzene rings is 2. The van der Waals surface area contributed by atoms with E-state index in [0.717, 1.165) is 17.4 Å². The fraction of sp³-hybridized carbons (Fsp3) is 0.294. The molecule has 0 heterocycles. The quantitative estimate of drug-likeness (QED) is 0.495. The molecule has 0 aliphatic rings. The average Bonchev–Trinajstić information content (AvgIpc) is 2.49. The molecule has 8 heteroatoms. The van der Waals surface area contributed by atoms with Gasteiger partial charge in [0, 0.05) is 26.0 Å². The van der Waals surface area contributed by atoms with Crippen molar-refractivity contribution in [1.29, 1.82) is 0 Å². The summed E-state index contributed by atoms with van der Waals surface area (Å²) in [6.45, 7) is -0.00854. The van der Waals surface area contributed by atoms with Crippen LogP contribution >= 0.6 is 46.4 Å². The Morgan fingerprint density at radius 2 is 1.56 bits per heavy atom. The van der Waals surface area contributed by atoms with E-state index in [-0.39, 0.29) is 12.5 Å². The summed E-state index contributed by atoms with van der Waals surface area (Å²) in [6.07, 6.45) is 2.23. The van der Waals surface area contributed by atoms with Crippen molar-refractivity contribution in [3.05, 3.63) is 67.6 Å². The number of rotatable bonds is 7. The molecule has 136 valence electrons. The van der Waals surface area contributed by atoms with Crippen molar-refractivity contribution >= 4 is 56.5 Å². The van der Waals surface area contributed by atoms with Crippen LogP contribution in [-0.2, 0) is 20.7 Å². The molecule has 0 bridgehead atoms. The molecule has 0 aliphatic carbocycles. The van der Waals surface area contributed by atoms with Gasteiger partial charge in [0.15, 0.2) is 0 Å². The van der Waals surface area contributed by atoms with Crippen LogP contribution in [0.15, 0.2) is 36.4 Å². The highest BCUT2D eigenvalue weighted by atomic mass is 35.5. The minimum Gasteiger partial charge on any atom is -0.270 e. The van der Waals surface area contributed by atoms with Crippen molar-refractivity contribution in [2.75, 3.05) is 12.9 Å². The van der Waals surface area contributed by atoms with Gasteiger partial charge in [0.25, 0.3) is 10.1 Å². The zero-order valence-corrected chi connectivity index (χ0v) is 17.1. The van der Waals surface area contributed by atoms with E-state index in [1.165, 1.54) is 0 Å². The second kappa shape index (κ2) is 8.94. The maximum atomic E-state index is 11.4. The van der Waals surface area contributed by atoms with Crippen molar-refractivity contribution in [3.63, 3.8) is 0 Å². The molecule has 0 saturated carbocycles. The summed E-state index contributed by atoms with van der Waals surface area (Å²) >= 11 is 24.3. The molecule has 25 heavy (non-hydrogen) atoms. The summed E-state index contributed by atoms with van der Waals surface area (Å²) < 4.78 is 27.7. The fourth-order valence-electron chi connectivity index (χ4n) is 2.42. The van der Waals surface area contributed by atoms with Crippen molar-refractivity contribution in [3.8, 4) is 0 Å². The van der Waals surface area contributed by atoms with Gasteiger partial charge in [-0.15, -0.1) is 0 Å². The van der Waals surface area contributed by atoms with Crippen LogP contribution in [0.25, 0.3) is 0 Å². The first-order chi connectivity index (χ1) is 11.7. The molecule has 0 unspecified atom stereocenters. The molecule has 0 saturated heterocycles. The molecule has 2 rings (SSSR count). The largest absolute Gasteiger partial charge is 0.270 e. The predicted octanol–water partition coefficient (Wildman–Crippen LogP) is 5.99. The zero-order valence-electron chi connectivity index (χ0n) is 13.3. The zero-order chi connectivity index (χ0) is 18.6. The maximum absolute atomic E-state index is 11.4. The van der Waals surface area contributed by atoms with E-state index in [1.807, 2.05) is 6.07 Å². The molecule has 0 spiro atoms. The summed E-state index contributed by atoms with van der Waals surface area (Å²) in [5, 5.41) is 2.11. The molecule has 0 aromatic heterocycles. The van der Waals surface area contributed by atoms with Crippen LogP contribution in [0.5, 0.6) is 0 Å². The van der Waals surface area contributed by atoms with Gasteiger partial charge in [-0.05, 0) is 48.2 Å². The molecule has 0 aliphatic heterocycles. The third kappa shape index (κ3) is 6.63. The Kier molecular flexibility index (Phi) is 7.44. The van der Waals surface area contributed by atoms with Gasteiger partial charge in [-0.2, -0.15) is 8.42 Å². The highest BCUT2D eigenvalue weighted by Crippen LogP contribution is 2.32. The maximum Gasteiger partial charge on any atom is 0.264 e. The molecule has 0 N–H and O–H groups in total. The van der Waals surface area contributed by atoms with E-state index in [4.69, 9.17) is 50.6 Å². The van der Waals surface area contributed by atoms with Crippen LogP contribution in [0, 0.1) is 0 Å². The van der Waals surface area contributed by atoms with Crippen LogP contribution in [-0.4, -0.2) is 21.3 Å². The Balaban J connectivity index is 2.21. The number of halogens is 4. The minimum absolute atomic E-state index is 0.00854. The monoisotopic (exact) mass is 440 g/mol. The Bertz CT molecular complexity index is 853. The number of aryl methyl sites for hydroxylation is 1.